The first-order valence-corrected chi connectivity index (χ1v) is 7.80. The molecule has 6 heteroatoms. The van der Waals surface area contributed by atoms with Gasteiger partial charge in [0.25, 0.3) is 0 Å². The van der Waals surface area contributed by atoms with Crippen LogP contribution in [0.2, 0.25) is 10.0 Å². The summed E-state index contributed by atoms with van der Waals surface area (Å²) in [6.45, 7) is 6.43. The van der Waals surface area contributed by atoms with Crippen LogP contribution in [0, 0.1) is 5.41 Å². The molecular weight excluding hydrogens is 309 g/mol. The van der Waals surface area contributed by atoms with Gasteiger partial charge in [-0.25, -0.2) is 0 Å². The Balaban J connectivity index is 2.00. The lowest BCUT2D eigenvalue weighted by Gasteiger charge is -2.26. The molecule has 0 radical (unpaired) electrons. The molecule has 2 rings (SSSR count). The molecule has 1 fully saturated rings. The predicted octanol–water partition coefficient (Wildman–Crippen LogP) is 2.99. The SMILES string of the molecule is CC(C(=O)Nc1ccc(Cl)cc1Cl)N1CCC(C)(CN)C1. The monoisotopic (exact) mass is 329 g/mol. The van der Waals surface area contributed by atoms with E-state index in [-0.39, 0.29) is 17.4 Å². The van der Waals surface area contributed by atoms with E-state index in [1.807, 2.05) is 6.92 Å². The minimum absolute atomic E-state index is 0.0690. The van der Waals surface area contributed by atoms with Crippen LogP contribution < -0.4 is 11.1 Å². The molecule has 0 aliphatic carbocycles. The smallest absolute Gasteiger partial charge is 0.241 e. The van der Waals surface area contributed by atoms with Crippen LogP contribution in [0.4, 0.5) is 5.69 Å². The Bertz CT molecular complexity index is 538. The molecule has 1 amide bonds. The molecule has 4 nitrogen and oxygen atoms in total. The van der Waals surface area contributed by atoms with E-state index in [0.717, 1.165) is 19.5 Å². The standard InChI is InChI=1S/C15H21Cl2N3O/c1-10(20-6-5-15(2,8-18)9-20)14(21)19-13-4-3-11(16)7-12(13)17/h3-4,7,10H,5-6,8-9,18H2,1-2H3,(H,19,21). The summed E-state index contributed by atoms with van der Waals surface area (Å²) < 4.78 is 0. The van der Waals surface area contributed by atoms with Crippen molar-refractivity contribution < 1.29 is 4.79 Å². The fourth-order valence-corrected chi connectivity index (χ4v) is 3.01. The number of halogens is 2. The third kappa shape index (κ3) is 3.89. The van der Waals surface area contributed by atoms with Crippen LogP contribution in [0.15, 0.2) is 18.2 Å². The summed E-state index contributed by atoms with van der Waals surface area (Å²) in [5, 5.41) is 3.84. The quantitative estimate of drug-likeness (QED) is 0.892. The van der Waals surface area contributed by atoms with E-state index in [0.29, 0.717) is 22.3 Å². The third-order valence-corrected chi connectivity index (χ3v) is 4.74. The van der Waals surface area contributed by atoms with Gasteiger partial charge in [-0.1, -0.05) is 30.1 Å². The van der Waals surface area contributed by atoms with Crippen molar-refractivity contribution in [3.63, 3.8) is 0 Å². The number of nitrogens with zero attached hydrogens (tertiary/aromatic N) is 1. The molecule has 0 aromatic heterocycles. The van der Waals surface area contributed by atoms with Gasteiger partial charge >= 0.3 is 0 Å². The molecule has 1 aliphatic heterocycles. The minimum atomic E-state index is -0.217. The van der Waals surface area contributed by atoms with Crippen LogP contribution in [0.25, 0.3) is 0 Å². The molecular formula is C15H21Cl2N3O. The minimum Gasteiger partial charge on any atom is -0.330 e. The maximum atomic E-state index is 12.4. The molecule has 0 spiro atoms. The van der Waals surface area contributed by atoms with E-state index < -0.39 is 0 Å². The third-order valence-electron chi connectivity index (χ3n) is 4.20. The average molecular weight is 330 g/mol. The van der Waals surface area contributed by atoms with E-state index in [1.165, 1.54) is 0 Å². The summed E-state index contributed by atoms with van der Waals surface area (Å²) in [6.07, 6.45) is 1.02. The highest BCUT2D eigenvalue weighted by Crippen LogP contribution is 2.30. The second-order valence-corrected chi connectivity index (χ2v) is 6.87. The van der Waals surface area contributed by atoms with Crippen molar-refractivity contribution in [2.24, 2.45) is 11.1 Å². The zero-order chi connectivity index (χ0) is 15.6. The lowest BCUT2D eigenvalue weighted by molar-refractivity contribution is -0.120. The number of hydrogen-bond acceptors (Lipinski definition) is 3. The molecule has 1 aromatic carbocycles. The molecule has 21 heavy (non-hydrogen) atoms. The highest BCUT2D eigenvalue weighted by Gasteiger charge is 2.36. The number of carbonyl (C=O) groups excluding carboxylic acids is 1. The summed E-state index contributed by atoms with van der Waals surface area (Å²) in [5.41, 5.74) is 6.49. The van der Waals surface area contributed by atoms with Gasteiger partial charge in [-0.15, -0.1) is 0 Å². The molecule has 0 saturated carbocycles. The number of nitrogens with two attached hydrogens (primary N) is 1. The molecule has 116 valence electrons. The molecule has 2 unspecified atom stereocenters. The Labute approximate surface area is 135 Å². The average Bonchev–Trinajstić information content (AvgIpc) is 2.84. The highest BCUT2D eigenvalue weighted by atomic mass is 35.5. The fourth-order valence-electron chi connectivity index (χ4n) is 2.55. The normalized spacial score (nSPS) is 24.0. The van der Waals surface area contributed by atoms with Gasteiger partial charge in [0, 0.05) is 11.6 Å². The number of nitrogens with one attached hydrogen (secondary N) is 1. The van der Waals surface area contributed by atoms with Crippen LogP contribution >= 0.6 is 23.2 Å². The Kier molecular flexibility index (Phi) is 5.15. The van der Waals surface area contributed by atoms with Gasteiger partial charge in [0.2, 0.25) is 5.91 Å². The van der Waals surface area contributed by atoms with Crippen LogP contribution in [0.1, 0.15) is 20.3 Å². The zero-order valence-corrected chi connectivity index (χ0v) is 13.8. The summed E-state index contributed by atoms with van der Waals surface area (Å²) in [7, 11) is 0. The van der Waals surface area contributed by atoms with Gasteiger partial charge in [0.1, 0.15) is 0 Å². The lowest BCUT2D eigenvalue weighted by Crippen LogP contribution is -2.42. The van der Waals surface area contributed by atoms with Gasteiger partial charge in [0.15, 0.2) is 0 Å². The Morgan fingerprint density at radius 3 is 2.81 bits per heavy atom. The van der Waals surface area contributed by atoms with Crippen molar-refractivity contribution in [2.75, 3.05) is 25.0 Å². The number of carbonyl (C=O) groups is 1. The van der Waals surface area contributed by atoms with E-state index in [9.17, 15) is 4.79 Å². The number of anilines is 1. The maximum Gasteiger partial charge on any atom is 0.241 e. The maximum absolute atomic E-state index is 12.4. The second kappa shape index (κ2) is 6.53. The van der Waals surface area contributed by atoms with Crippen molar-refractivity contribution in [3.05, 3.63) is 28.2 Å². The first-order valence-electron chi connectivity index (χ1n) is 7.05. The Morgan fingerprint density at radius 1 is 1.52 bits per heavy atom. The summed E-state index contributed by atoms with van der Waals surface area (Å²) >= 11 is 11.9. The molecule has 3 N–H and O–H groups in total. The van der Waals surface area contributed by atoms with Crippen LogP contribution in [0.5, 0.6) is 0 Å². The summed E-state index contributed by atoms with van der Waals surface area (Å²) in [5.74, 6) is -0.0690. The van der Waals surface area contributed by atoms with E-state index in [4.69, 9.17) is 28.9 Å². The van der Waals surface area contributed by atoms with Gasteiger partial charge in [-0.05, 0) is 50.0 Å². The van der Waals surface area contributed by atoms with Crippen molar-refractivity contribution in [3.8, 4) is 0 Å². The van der Waals surface area contributed by atoms with Gasteiger partial charge in [-0.2, -0.15) is 0 Å². The highest BCUT2D eigenvalue weighted by molar-refractivity contribution is 6.36. The molecule has 1 saturated heterocycles. The molecule has 0 bridgehead atoms. The van der Waals surface area contributed by atoms with Crippen molar-refractivity contribution in [1.29, 1.82) is 0 Å². The van der Waals surface area contributed by atoms with Crippen molar-refractivity contribution in [2.45, 2.75) is 26.3 Å². The number of likely N-dealkylation sites (tertiary alicyclic amines) is 1. The van der Waals surface area contributed by atoms with Crippen LogP contribution in [-0.2, 0) is 4.79 Å². The molecule has 1 aliphatic rings. The largest absolute Gasteiger partial charge is 0.330 e. The number of amides is 1. The lowest BCUT2D eigenvalue weighted by atomic mass is 9.90. The number of hydrogen-bond donors (Lipinski definition) is 2. The number of rotatable bonds is 4. The Hall–Kier alpha value is -0.810. The first-order chi connectivity index (χ1) is 9.84. The van der Waals surface area contributed by atoms with E-state index in [2.05, 4.69) is 17.1 Å². The van der Waals surface area contributed by atoms with Crippen LogP contribution in [-0.4, -0.2) is 36.5 Å². The first kappa shape index (κ1) is 16.6. The van der Waals surface area contributed by atoms with Gasteiger partial charge < -0.3 is 11.1 Å². The van der Waals surface area contributed by atoms with Gasteiger partial charge in [-0.3, -0.25) is 9.69 Å². The molecule has 2 atom stereocenters. The Morgan fingerprint density at radius 2 is 2.24 bits per heavy atom. The zero-order valence-electron chi connectivity index (χ0n) is 12.3. The second-order valence-electron chi connectivity index (χ2n) is 6.02. The van der Waals surface area contributed by atoms with E-state index in [1.54, 1.807) is 18.2 Å². The fraction of sp³-hybridized carbons (Fsp3) is 0.533. The topological polar surface area (TPSA) is 58.4 Å². The van der Waals surface area contributed by atoms with Crippen molar-refractivity contribution in [1.82, 2.24) is 4.90 Å². The van der Waals surface area contributed by atoms with Gasteiger partial charge in [0.05, 0.1) is 16.8 Å². The van der Waals surface area contributed by atoms with Crippen LogP contribution in [0.3, 0.4) is 0 Å². The van der Waals surface area contributed by atoms with Crippen molar-refractivity contribution >= 4 is 34.8 Å². The predicted molar refractivity (Wildman–Crippen MR) is 87.9 cm³/mol. The van der Waals surface area contributed by atoms with E-state index >= 15 is 0 Å². The summed E-state index contributed by atoms with van der Waals surface area (Å²) in [4.78, 5) is 14.5. The number of benzene rings is 1. The summed E-state index contributed by atoms with van der Waals surface area (Å²) in [6, 6.07) is 4.81. The molecule has 1 heterocycles. The molecule has 1 aromatic rings.